The number of nitrogens with zero attached hydrogens (tertiary/aromatic N) is 1. The van der Waals surface area contributed by atoms with Crippen molar-refractivity contribution in [1.82, 2.24) is 4.98 Å². The van der Waals surface area contributed by atoms with Crippen molar-refractivity contribution in [2.45, 2.75) is 26.0 Å². The zero-order valence-electron chi connectivity index (χ0n) is 11.4. The Kier molecular flexibility index (Phi) is 5.33. The van der Waals surface area contributed by atoms with Gasteiger partial charge in [0.1, 0.15) is 12.4 Å². The topological polar surface area (TPSA) is 31.4 Å². The number of aryl methyl sites for hydroxylation is 1. The molecule has 21 heavy (non-hydrogen) atoms. The summed E-state index contributed by atoms with van der Waals surface area (Å²) >= 11 is 5.81. The third-order valence-corrected chi connectivity index (χ3v) is 3.01. The molecule has 0 N–H and O–H groups in total. The van der Waals surface area contributed by atoms with E-state index in [0.29, 0.717) is 11.3 Å². The van der Waals surface area contributed by atoms with E-state index in [4.69, 9.17) is 16.3 Å². The maximum atomic E-state index is 12.4. The second-order valence-electron chi connectivity index (χ2n) is 4.33. The fraction of sp³-hybridized carbons (Fsp3) is 0.267. The van der Waals surface area contributed by atoms with Crippen LogP contribution in [0.15, 0.2) is 36.4 Å². The van der Waals surface area contributed by atoms with E-state index in [0.717, 1.165) is 5.56 Å². The highest BCUT2D eigenvalue weighted by Gasteiger charge is 2.16. The van der Waals surface area contributed by atoms with Crippen LogP contribution in [0.3, 0.4) is 0 Å². The molecule has 0 bridgehead atoms. The fourth-order valence-electron chi connectivity index (χ4n) is 1.81. The van der Waals surface area contributed by atoms with Crippen molar-refractivity contribution in [2.75, 3.05) is 0 Å². The van der Waals surface area contributed by atoms with Gasteiger partial charge in [0.25, 0.3) is 0 Å². The molecule has 112 valence electrons. The summed E-state index contributed by atoms with van der Waals surface area (Å²) in [6.07, 6.45) is 0. The van der Waals surface area contributed by atoms with Crippen LogP contribution in [0.25, 0.3) is 0 Å². The van der Waals surface area contributed by atoms with Gasteiger partial charge >= 0.3 is 6.61 Å². The Balaban J connectivity index is 2.23. The molecule has 0 aliphatic carbocycles. The highest BCUT2D eigenvalue weighted by atomic mass is 35.5. The normalized spacial score (nSPS) is 10.7. The summed E-state index contributed by atoms with van der Waals surface area (Å²) in [7, 11) is 0. The average molecular weight is 314 g/mol. The van der Waals surface area contributed by atoms with Gasteiger partial charge in [-0.1, -0.05) is 30.3 Å². The van der Waals surface area contributed by atoms with Gasteiger partial charge in [0.05, 0.1) is 11.4 Å². The molecule has 2 rings (SSSR count). The molecule has 0 aliphatic rings. The molecule has 0 amide bonds. The Labute approximate surface area is 126 Å². The Morgan fingerprint density at radius 3 is 2.57 bits per heavy atom. The number of hydrogen-bond acceptors (Lipinski definition) is 3. The van der Waals surface area contributed by atoms with E-state index in [2.05, 4.69) is 9.72 Å². The van der Waals surface area contributed by atoms with Crippen LogP contribution in [0.4, 0.5) is 8.78 Å². The monoisotopic (exact) mass is 313 g/mol. The number of hydrogen-bond donors (Lipinski definition) is 0. The number of benzene rings is 1. The van der Waals surface area contributed by atoms with E-state index in [1.807, 2.05) is 30.3 Å². The van der Waals surface area contributed by atoms with Crippen LogP contribution in [-0.4, -0.2) is 11.6 Å². The number of halogens is 3. The van der Waals surface area contributed by atoms with Gasteiger partial charge < -0.3 is 9.47 Å². The number of alkyl halides is 3. The Morgan fingerprint density at radius 1 is 1.24 bits per heavy atom. The molecule has 0 atom stereocenters. The maximum Gasteiger partial charge on any atom is 0.387 e. The molecule has 0 fully saturated rings. The van der Waals surface area contributed by atoms with Crippen molar-refractivity contribution in [3.8, 4) is 11.6 Å². The number of ether oxygens (including phenoxy) is 2. The molecule has 0 radical (unpaired) electrons. The lowest BCUT2D eigenvalue weighted by atomic mass is 10.2. The molecule has 1 heterocycles. The van der Waals surface area contributed by atoms with E-state index in [-0.39, 0.29) is 24.1 Å². The van der Waals surface area contributed by atoms with Crippen LogP contribution >= 0.6 is 11.6 Å². The third-order valence-electron chi connectivity index (χ3n) is 2.74. The smallest absolute Gasteiger partial charge is 0.387 e. The van der Waals surface area contributed by atoms with E-state index >= 15 is 0 Å². The quantitative estimate of drug-likeness (QED) is 0.745. The molecule has 0 saturated heterocycles. The first-order valence-corrected chi connectivity index (χ1v) is 6.81. The van der Waals surface area contributed by atoms with Crippen molar-refractivity contribution in [1.29, 1.82) is 0 Å². The summed E-state index contributed by atoms with van der Waals surface area (Å²) in [4.78, 5) is 4.20. The van der Waals surface area contributed by atoms with E-state index in [9.17, 15) is 8.78 Å². The van der Waals surface area contributed by atoms with Gasteiger partial charge in [0.15, 0.2) is 0 Å². The van der Waals surface area contributed by atoms with Gasteiger partial charge in [-0.05, 0) is 12.5 Å². The van der Waals surface area contributed by atoms with Crippen LogP contribution in [0.1, 0.15) is 16.8 Å². The molecular formula is C15H14ClF2NO2. The molecule has 6 heteroatoms. The van der Waals surface area contributed by atoms with Crippen LogP contribution in [0.5, 0.6) is 11.6 Å². The average Bonchev–Trinajstić information content (AvgIpc) is 2.45. The Bertz CT molecular complexity index is 594. The lowest BCUT2D eigenvalue weighted by Gasteiger charge is -2.14. The van der Waals surface area contributed by atoms with Gasteiger partial charge in [-0.25, -0.2) is 4.98 Å². The molecule has 3 nitrogen and oxygen atoms in total. The molecule has 0 spiro atoms. The molecular weight excluding hydrogens is 300 g/mol. The fourth-order valence-corrected chi connectivity index (χ4v) is 2.06. The first-order valence-electron chi connectivity index (χ1n) is 6.28. The van der Waals surface area contributed by atoms with Crippen molar-refractivity contribution in [3.63, 3.8) is 0 Å². The number of pyridine rings is 1. The van der Waals surface area contributed by atoms with Crippen molar-refractivity contribution < 1.29 is 18.3 Å². The number of rotatable bonds is 6. The Hall–Kier alpha value is -1.88. The summed E-state index contributed by atoms with van der Waals surface area (Å²) in [5.41, 5.74) is 1.78. The summed E-state index contributed by atoms with van der Waals surface area (Å²) in [5.74, 6) is 0.180. The minimum absolute atomic E-state index is 0.00411. The van der Waals surface area contributed by atoms with Gasteiger partial charge in [-0.2, -0.15) is 8.78 Å². The summed E-state index contributed by atoms with van der Waals surface area (Å²) < 4.78 is 34.9. The Morgan fingerprint density at radius 2 is 1.95 bits per heavy atom. The van der Waals surface area contributed by atoms with Crippen LogP contribution in [0, 0.1) is 6.92 Å². The summed E-state index contributed by atoms with van der Waals surface area (Å²) in [5, 5.41) is 0. The predicted octanol–water partition coefficient (Wildman–Crippen LogP) is 4.31. The zero-order chi connectivity index (χ0) is 15.2. The standard InChI is InChI=1S/C15H14ClF2NO2/c1-10-7-13(21-15(17)18)12(8-16)14(19-10)20-9-11-5-3-2-4-6-11/h2-7,15H,8-9H2,1H3. The van der Waals surface area contributed by atoms with E-state index < -0.39 is 6.61 Å². The highest BCUT2D eigenvalue weighted by Crippen LogP contribution is 2.31. The van der Waals surface area contributed by atoms with Crippen molar-refractivity contribution in [2.24, 2.45) is 0 Å². The number of aromatic nitrogens is 1. The largest absolute Gasteiger partial charge is 0.472 e. The van der Waals surface area contributed by atoms with Crippen molar-refractivity contribution in [3.05, 3.63) is 53.2 Å². The van der Waals surface area contributed by atoms with Crippen LogP contribution in [-0.2, 0) is 12.5 Å². The maximum absolute atomic E-state index is 12.4. The molecule has 1 aromatic carbocycles. The first-order chi connectivity index (χ1) is 10.1. The second kappa shape index (κ2) is 7.22. The van der Waals surface area contributed by atoms with E-state index in [1.165, 1.54) is 6.07 Å². The van der Waals surface area contributed by atoms with Gasteiger partial charge in [-0.3, -0.25) is 0 Å². The summed E-state index contributed by atoms with van der Waals surface area (Å²) in [6.45, 7) is -0.975. The van der Waals surface area contributed by atoms with Crippen LogP contribution < -0.4 is 9.47 Å². The molecule has 1 aromatic heterocycles. The SMILES string of the molecule is Cc1cc(OC(F)F)c(CCl)c(OCc2ccccc2)n1. The lowest BCUT2D eigenvalue weighted by Crippen LogP contribution is -2.08. The molecule has 0 aliphatic heterocycles. The van der Waals surface area contributed by atoms with Gasteiger partial charge in [0, 0.05) is 11.8 Å². The minimum Gasteiger partial charge on any atom is -0.472 e. The first kappa shape index (κ1) is 15.5. The zero-order valence-corrected chi connectivity index (χ0v) is 12.1. The van der Waals surface area contributed by atoms with E-state index in [1.54, 1.807) is 6.92 Å². The van der Waals surface area contributed by atoms with Gasteiger partial charge in [-0.15, -0.1) is 11.6 Å². The predicted molar refractivity (Wildman–Crippen MR) is 75.9 cm³/mol. The minimum atomic E-state index is -2.92. The van der Waals surface area contributed by atoms with Crippen molar-refractivity contribution >= 4 is 11.6 Å². The molecule has 0 unspecified atom stereocenters. The second-order valence-corrected chi connectivity index (χ2v) is 4.60. The summed E-state index contributed by atoms with van der Waals surface area (Å²) in [6, 6.07) is 10.9. The highest BCUT2D eigenvalue weighted by molar-refractivity contribution is 6.17. The lowest BCUT2D eigenvalue weighted by molar-refractivity contribution is -0.0505. The molecule has 0 saturated carbocycles. The van der Waals surface area contributed by atoms with Crippen LogP contribution in [0.2, 0.25) is 0 Å². The third kappa shape index (κ3) is 4.29. The van der Waals surface area contributed by atoms with Gasteiger partial charge in [0.2, 0.25) is 5.88 Å². The molecule has 2 aromatic rings.